The molecule has 0 N–H and O–H groups in total. The monoisotopic (exact) mass is 362 g/mol. The van der Waals surface area contributed by atoms with Crippen molar-refractivity contribution in [1.29, 1.82) is 5.26 Å². The molecule has 1 heterocycles. The molecule has 2 aliphatic rings. The third-order valence-corrected chi connectivity index (χ3v) is 5.21. The Balaban J connectivity index is 1.86. The predicted octanol–water partition coefficient (Wildman–Crippen LogP) is 5.05. The van der Waals surface area contributed by atoms with E-state index in [1.807, 2.05) is 0 Å². The first-order valence-corrected chi connectivity index (χ1v) is 8.90. The number of nitriles is 1. The SMILES string of the molecule is CC(C)(C)OC(=O)N1CCC2(CC1c1ccc(C#N)cc1)CC(F)(F)C2. The van der Waals surface area contributed by atoms with Crippen LogP contribution in [0.25, 0.3) is 0 Å². The van der Waals surface area contributed by atoms with Gasteiger partial charge in [0, 0.05) is 19.4 Å². The van der Waals surface area contributed by atoms with Crippen LogP contribution >= 0.6 is 0 Å². The van der Waals surface area contributed by atoms with Gasteiger partial charge < -0.3 is 9.64 Å². The second-order valence-corrected chi connectivity index (χ2v) is 8.59. The number of likely N-dealkylation sites (tertiary alicyclic amines) is 1. The summed E-state index contributed by atoms with van der Waals surface area (Å²) in [6, 6.07) is 8.74. The number of carbonyl (C=O) groups excluding carboxylic acids is 1. The Morgan fingerprint density at radius 3 is 2.38 bits per heavy atom. The molecule has 1 saturated heterocycles. The number of benzene rings is 1. The van der Waals surface area contributed by atoms with Crippen molar-refractivity contribution in [3.63, 3.8) is 0 Å². The molecule has 0 aromatic heterocycles. The zero-order valence-corrected chi connectivity index (χ0v) is 15.4. The Labute approximate surface area is 152 Å². The molecule has 3 rings (SSSR count). The summed E-state index contributed by atoms with van der Waals surface area (Å²) in [4.78, 5) is 14.3. The molecule has 1 amide bonds. The zero-order valence-electron chi connectivity index (χ0n) is 15.4. The highest BCUT2D eigenvalue weighted by Gasteiger charge is 2.59. The molecular formula is C20H24F2N2O2. The van der Waals surface area contributed by atoms with E-state index in [-0.39, 0.29) is 18.9 Å². The summed E-state index contributed by atoms with van der Waals surface area (Å²) in [5, 5.41) is 8.98. The number of alkyl halides is 2. The first-order chi connectivity index (χ1) is 12.0. The van der Waals surface area contributed by atoms with E-state index in [0.29, 0.717) is 24.9 Å². The molecule has 1 atom stereocenters. The van der Waals surface area contributed by atoms with Gasteiger partial charge in [0.2, 0.25) is 5.92 Å². The van der Waals surface area contributed by atoms with Gasteiger partial charge >= 0.3 is 6.09 Å². The number of ether oxygens (including phenoxy) is 1. The highest BCUT2D eigenvalue weighted by Crippen LogP contribution is 2.60. The summed E-state index contributed by atoms with van der Waals surface area (Å²) in [5.74, 6) is -2.59. The zero-order chi connectivity index (χ0) is 19.2. The second-order valence-electron chi connectivity index (χ2n) is 8.59. The summed E-state index contributed by atoms with van der Waals surface area (Å²) in [6.45, 7) is 5.81. The fourth-order valence-electron chi connectivity index (χ4n) is 4.12. The average Bonchev–Trinajstić information content (AvgIpc) is 2.51. The van der Waals surface area contributed by atoms with Crippen LogP contribution in [-0.2, 0) is 4.74 Å². The first-order valence-electron chi connectivity index (χ1n) is 8.90. The quantitative estimate of drug-likeness (QED) is 0.703. The predicted molar refractivity (Wildman–Crippen MR) is 92.7 cm³/mol. The molecule has 0 bridgehead atoms. The van der Waals surface area contributed by atoms with Crippen LogP contribution in [-0.4, -0.2) is 29.1 Å². The van der Waals surface area contributed by atoms with E-state index in [2.05, 4.69) is 6.07 Å². The van der Waals surface area contributed by atoms with E-state index in [4.69, 9.17) is 10.00 Å². The Morgan fingerprint density at radius 2 is 1.88 bits per heavy atom. The Bertz CT molecular complexity index is 724. The maximum absolute atomic E-state index is 13.5. The molecule has 1 saturated carbocycles. The molecule has 4 nitrogen and oxygen atoms in total. The molecule has 1 unspecified atom stereocenters. The molecule has 1 aliphatic heterocycles. The molecular weight excluding hydrogens is 338 g/mol. The van der Waals surface area contributed by atoms with Crippen molar-refractivity contribution in [3.05, 3.63) is 35.4 Å². The number of nitrogens with zero attached hydrogens (tertiary/aromatic N) is 2. The number of carbonyl (C=O) groups is 1. The molecule has 1 aromatic rings. The van der Waals surface area contributed by atoms with Gasteiger partial charge in [0.25, 0.3) is 0 Å². The molecule has 26 heavy (non-hydrogen) atoms. The van der Waals surface area contributed by atoms with Gasteiger partial charge in [-0.1, -0.05) is 12.1 Å². The van der Waals surface area contributed by atoms with Gasteiger partial charge in [-0.2, -0.15) is 5.26 Å². The largest absolute Gasteiger partial charge is 0.444 e. The topological polar surface area (TPSA) is 53.3 Å². The van der Waals surface area contributed by atoms with Crippen LogP contribution in [0, 0.1) is 16.7 Å². The number of amides is 1. The molecule has 1 spiro atoms. The van der Waals surface area contributed by atoms with Gasteiger partial charge in [0.15, 0.2) is 0 Å². The van der Waals surface area contributed by atoms with E-state index in [0.717, 1.165) is 5.56 Å². The van der Waals surface area contributed by atoms with Crippen LogP contribution in [0.3, 0.4) is 0 Å². The van der Waals surface area contributed by atoms with Crippen LogP contribution in [0.15, 0.2) is 24.3 Å². The summed E-state index contributed by atoms with van der Waals surface area (Å²) in [6.07, 6.45) is 0.402. The van der Waals surface area contributed by atoms with E-state index >= 15 is 0 Å². The maximum atomic E-state index is 13.5. The third kappa shape index (κ3) is 3.82. The van der Waals surface area contributed by atoms with Gasteiger partial charge in [-0.25, -0.2) is 13.6 Å². The van der Waals surface area contributed by atoms with Gasteiger partial charge in [-0.05, 0) is 56.7 Å². The lowest BCUT2D eigenvalue weighted by Crippen LogP contribution is -2.54. The highest BCUT2D eigenvalue weighted by atomic mass is 19.3. The molecule has 2 fully saturated rings. The maximum Gasteiger partial charge on any atom is 0.410 e. The van der Waals surface area contributed by atoms with Gasteiger partial charge in [0.1, 0.15) is 5.60 Å². The van der Waals surface area contributed by atoms with E-state index < -0.39 is 23.0 Å². The Morgan fingerprint density at radius 1 is 1.27 bits per heavy atom. The van der Waals surface area contributed by atoms with Crippen molar-refractivity contribution < 1.29 is 18.3 Å². The first kappa shape index (κ1) is 18.6. The number of rotatable bonds is 1. The van der Waals surface area contributed by atoms with E-state index in [9.17, 15) is 13.6 Å². The number of hydrogen-bond acceptors (Lipinski definition) is 3. The number of piperidine rings is 1. The second kappa shape index (κ2) is 6.22. The normalized spacial score (nSPS) is 23.8. The van der Waals surface area contributed by atoms with Crippen LogP contribution < -0.4 is 0 Å². The van der Waals surface area contributed by atoms with Crippen molar-refractivity contribution in [3.8, 4) is 6.07 Å². The minimum atomic E-state index is -2.59. The van der Waals surface area contributed by atoms with Crippen molar-refractivity contribution in [2.45, 2.75) is 64.0 Å². The molecule has 0 radical (unpaired) electrons. The van der Waals surface area contributed by atoms with Crippen LogP contribution in [0.2, 0.25) is 0 Å². The van der Waals surface area contributed by atoms with E-state index in [1.165, 1.54) is 0 Å². The lowest BCUT2D eigenvalue weighted by atomic mass is 9.59. The smallest absolute Gasteiger partial charge is 0.410 e. The minimum Gasteiger partial charge on any atom is -0.444 e. The third-order valence-electron chi connectivity index (χ3n) is 5.21. The van der Waals surface area contributed by atoms with Gasteiger partial charge in [-0.15, -0.1) is 0 Å². The highest BCUT2D eigenvalue weighted by molar-refractivity contribution is 5.69. The van der Waals surface area contributed by atoms with E-state index in [1.54, 1.807) is 49.9 Å². The van der Waals surface area contributed by atoms with Crippen molar-refractivity contribution in [2.24, 2.45) is 5.41 Å². The fourth-order valence-corrected chi connectivity index (χ4v) is 4.12. The van der Waals surface area contributed by atoms with Crippen LogP contribution in [0.4, 0.5) is 13.6 Å². The summed E-state index contributed by atoms with van der Waals surface area (Å²) in [7, 11) is 0. The number of halogens is 2. The fraction of sp³-hybridized carbons (Fsp3) is 0.600. The molecule has 6 heteroatoms. The average molecular weight is 362 g/mol. The van der Waals surface area contributed by atoms with Crippen molar-refractivity contribution >= 4 is 6.09 Å². The Kier molecular flexibility index (Phi) is 4.46. The summed E-state index contributed by atoms with van der Waals surface area (Å²) < 4.78 is 32.6. The summed E-state index contributed by atoms with van der Waals surface area (Å²) >= 11 is 0. The number of hydrogen-bond donors (Lipinski definition) is 0. The molecule has 1 aromatic carbocycles. The van der Waals surface area contributed by atoms with Crippen LogP contribution in [0.5, 0.6) is 0 Å². The van der Waals surface area contributed by atoms with Crippen LogP contribution in [0.1, 0.15) is 63.6 Å². The Hall–Kier alpha value is -2.16. The van der Waals surface area contributed by atoms with Crippen molar-refractivity contribution in [2.75, 3.05) is 6.54 Å². The molecule has 140 valence electrons. The summed E-state index contributed by atoms with van der Waals surface area (Å²) in [5.41, 5.74) is 0.341. The molecule has 1 aliphatic carbocycles. The van der Waals surface area contributed by atoms with Crippen molar-refractivity contribution in [1.82, 2.24) is 4.90 Å². The lowest BCUT2D eigenvalue weighted by molar-refractivity contribution is -0.183. The lowest BCUT2D eigenvalue weighted by Gasteiger charge is -2.54. The minimum absolute atomic E-state index is 0.116. The van der Waals surface area contributed by atoms with Gasteiger partial charge in [0.05, 0.1) is 17.7 Å². The standard InChI is InChI=1S/C20H24F2N2O2/c1-18(2,3)26-17(25)24-9-8-19(12-20(21,22)13-19)10-16(24)15-6-4-14(11-23)5-7-15/h4-7,16H,8-10,12-13H2,1-3H3. The van der Waals surface area contributed by atoms with Gasteiger partial charge in [-0.3, -0.25) is 0 Å².